The van der Waals surface area contributed by atoms with Crippen molar-refractivity contribution in [2.45, 2.75) is 50.5 Å². The van der Waals surface area contributed by atoms with Gasteiger partial charge < -0.3 is 11.1 Å². The van der Waals surface area contributed by atoms with Gasteiger partial charge in [-0.1, -0.05) is 13.8 Å². The maximum absolute atomic E-state index is 12.0. The fourth-order valence-corrected chi connectivity index (χ4v) is 4.65. The number of anilines is 2. The topological polar surface area (TPSA) is 85.1 Å². The molecule has 0 bridgehead atoms. The first kappa shape index (κ1) is 14.6. The third kappa shape index (κ3) is 3.20. The molecule has 108 valence electrons. The predicted octanol–water partition coefficient (Wildman–Crippen LogP) is 2.51. The van der Waals surface area contributed by atoms with E-state index in [4.69, 9.17) is 5.73 Å². The number of hydrogen-bond acceptors (Lipinski definition) is 6. The molecule has 0 radical (unpaired) electrons. The molecule has 3 N–H and O–H groups in total. The van der Waals surface area contributed by atoms with E-state index in [-0.39, 0.29) is 16.5 Å². The summed E-state index contributed by atoms with van der Waals surface area (Å²) in [6, 6.07) is 0.335. The zero-order valence-electron chi connectivity index (χ0n) is 11.3. The summed E-state index contributed by atoms with van der Waals surface area (Å²) in [5.41, 5.74) is 5.71. The molecule has 2 rings (SSSR count). The minimum atomic E-state index is -3.32. The number of rotatable bonds is 4. The molecule has 0 atom stereocenters. The Balaban J connectivity index is 2.18. The molecule has 0 spiro atoms. The largest absolute Gasteiger partial charge is 0.382 e. The van der Waals surface area contributed by atoms with E-state index in [2.05, 4.69) is 16.6 Å². The molecule has 1 aliphatic carbocycles. The van der Waals surface area contributed by atoms with E-state index in [9.17, 15) is 8.42 Å². The van der Waals surface area contributed by atoms with Crippen LogP contribution >= 0.6 is 11.5 Å². The van der Waals surface area contributed by atoms with Crippen LogP contribution in [0.25, 0.3) is 0 Å². The van der Waals surface area contributed by atoms with E-state index in [1.54, 1.807) is 6.92 Å². The van der Waals surface area contributed by atoms with Crippen LogP contribution in [0.1, 0.15) is 39.5 Å². The summed E-state index contributed by atoms with van der Waals surface area (Å²) in [5, 5.41) is 3.94. The van der Waals surface area contributed by atoms with Crippen LogP contribution in [0.3, 0.4) is 0 Å². The molecule has 1 saturated carbocycles. The van der Waals surface area contributed by atoms with Crippen molar-refractivity contribution in [1.29, 1.82) is 0 Å². The van der Waals surface area contributed by atoms with E-state index in [1.165, 1.54) is 12.8 Å². The van der Waals surface area contributed by atoms with E-state index >= 15 is 0 Å². The number of nitrogen functional groups attached to an aromatic ring is 1. The van der Waals surface area contributed by atoms with Gasteiger partial charge in [0, 0.05) is 6.04 Å². The Hall–Kier alpha value is -0.820. The van der Waals surface area contributed by atoms with Crippen molar-refractivity contribution in [3.8, 4) is 0 Å². The number of nitrogens with two attached hydrogens (primary N) is 1. The maximum atomic E-state index is 12.0. The maximum Gasteiger partial charge on any atom is 0.184 e. The Bertz CT molecular complexity index is 531. The molecule has 0 saturated heterocycles. The Morgan fingerprint density at radius 3 is 2.58 bits per heavy atom. The lowest BCUT2D eigenvalue weighted by molar-refractivity contribution is 0.361. The first-order valence-corrected chi connectivity index (χ1v) is 9.11. The van der Waals surface area contributed by atoms with Gasteiger partial charge in [-0.05, 0) is 43.1 Å². The van der Waals surface area contributed by atoms with Gasteiger partial charge in [0.25, 0.3) is 0 Å². The smallest absolute Gasteiger partial charge is 0.184 e. The van der Waals surface area contributed by atoms with Crippen LogP contribution in [0.2, 0.25) is 0 Å². The molecule has 0 aliphatic heterocycles. The molecule has 1 aromatic heterocycles. The second kappa shape index (κ2) is 5.66. The minimum Gasteiger partial charge on any atom is -0.382 e. The molecular weight excluding hydrogens is 282 g/mol. The van der Waals surface area contributed by atoms with E-state index in [1.807, 2.05) is 0 Å². The summed E-state index contributed by atoms with van der Waals surface area (Å²) in [6.07, 6.45) is 4.51. The van der Waals surface area contributed by atoms with Crippen LogP contribution in [0.5, 0.6) is 0 Å². The molecule has 0 amide bonds. The molecule has 7 heteroatoms. The number of sulfone groups is 1. The van der Waals surface area contributed by atoms with Crippen LogP contribution in [-0.4, -0.2) is 24.6 Å². The Morgan fingerprint density at radius 2 is 2.00 bits per heavy atom. The van der Waals surface area contributed by atoms with Crippen molar-refractivity contribution in [2.24, 2.45) is 5.92 Å². The van der Waals surface area contributed by atoms with Crippen LogP contribution in [0.15, 0.2) is 4.90 Å². The summed E-state index contributed by atoms with van der Waals surface area (Å²) in [4.78, 5) is 0.193. The highest BCUT2D eigenvalue weighted by atomic mass is 32.2. The van der Waals surface area contributed by atoms with Gasteiger partial charge >= 0.3 is 0 Å². The standard InChI is InChI=1S/C12H21N3O2S2/c1-3-19(16,17)10-11(13)15-18-12(10)14-9-6-4-8(2)5-7-9/h8-9,14H,3-7H2,1-2H3,(H2,13,15). The van der Waals surface area contributed by atoms with Crippen molar-refractivity contribution in [1.82, 2.24) is 4.37 Å². The lowest BCUT2D eigenvalue weighted by Crippen LogP contribution is -2.25. The fraction of sp³-hybridized carbons (Fsp3) is 0.750. The summed E-state index contributed by atoms with van der Waals surface area (Å²) >= 11 is 1.15. The fourth-order valence-electron chi connectivity index (χ4n) is 2.42. The van der Waals surface area contributed by atoms with Crippen molar-refractivity contribution >= 4 is 32.2 Å². The zero-order chi connectivity index (χ0) is 14.0. The Kier molecular flexibility index (Phi) is 4.35. The lowest BCUT2D eigenvalue weighted by atomic mass is 9.87. The van der Waals surface area contributed by atoms with Crippen LogP contribution in [-0.2, 0) is 9.84 Å². The normalized spacial score (nSPS) is 24.3. The Labute approximate surface area is 118 Å². The van der Waals surface area contributed by atoms with Gasteiger partial charge in [0.15, 0.2) is 15.7 Å². The molecule has 1 fully saturated rings. The van der Waals surface area contributed by atoms with Crippen molar-refractivity contribution in [3.63, 3.8) is 0 Å². The van der Waals surface area contributed by atoms with Crippen LogP contribution < -0.4 is 11.1 Å². The number of nitrogens with one attached hydrogen (secondary N) is 1. The van der Waals surface area contributed by atoms with Crippen molar-refractivity contribution < 1.29 is 8.42 Å². The van der Waals surface area contributed by atoms with E-state index in [0.29, 0.717) is 11.0 Å². The molecule has 1 aromatic rings. The minimum absolute atomic E-state index is 0.0476. The molecule has 19 heavy (non-hydrogen) atoms. The third-order valence-corrected chi connectivity index (χ3v) is 6.43. The van der Waals surface area contributed by atoms with Crippen molar-refractivity contribution in [3.05, 3.63) is 0 Å². The van der Waals surface area contributed by atoms with Gasteiger partial charge in [-0.15, -0.1) is 0 Å². The average molecular weight is 303 g/mol. The second-order valence-electron chi connectivity index (χ2n) is 5.23. The first-order chi connectivity index (χ1) is 8.94. The molecular formula is C12H21N3O2S2. The summed E-state index contributed by atoms with van der Waals surface area (Å²) in [5.74, 6) is 0.938. The van der Waals surface area contributed by atoms with E-state index < -0.39 is 9.84 Å². The predicted molar refractivity (Wildman–Crippen MR) is 79.3 cm³/mol. The molecule has 1 heterocycles. The van der Waals surface area contributed by atoms with Gasteiger partial charge in [-0.25, -0.2) is 8.42 Å². The molecule has 0 aromatic carbocycles. The first-order valence-electron chi connectivity index (χ1n) is 6.68. The monoisotopic (exact) mass is 303 g/mol. The molecule has 5 nitrogen and oxygen atoms in total. The number of nitrogens with zero attached hydrogens (tertiary/aromatic N) is 1. The van der Waals surface area contributed by atoms with Gasteiger partial charge in [-0.2, -0.15) is 4.37 Å². The zero-order valence-corrected chi connectivity index (χ0v) is 13.0. The quantitative estimate of drug-likeness (QED) is 0.892. The SMILES string of the molecule is CCS(=O)(=O)c1c(N)nsc1NC1CCC(C)CC1. The third-order valence-electron chi connectivity index (χ3n) is 3.72. The highest BCUT2D eigenvalue weighted by Gasteiger charge is 2.26. The average Bonchev–Trinajstić information content (AvgIpc) is 2.74. The highest BCUT2D eigenvalue weighted by molar-refractivity contribution is 7.91. The van der Waals surface area contributed by atoms with Gasteiger partial charge in [0.1, 0.15) is 9.90 Å². The molecule has 0 unspecified atom stereocenters. The van der Waals surface area contributed by atoms with Crippen LogP contribution in [0, 0.1) is 5.92 Å². The highest BCUT2D eigenvalue weighted by Crippen LogP contribution is 2.35. The van der Waals surface area contributed by atoms with Gasteiger partial charge in [-0.3, -0.25) is 0 Å². The van der Waals surface area contributed by atoms with Gasteiger partial charge in [0.05, 0.1) is 5.75 Å². The Morgan fingerprint density at radius 1 is 1.37 bits per heavy atom. The summed E-state index contributed by atoms with van der Waals surface area (Å²) in [7, 11) is -3.32. The number of aromatic nitrogens is 1. The van der Waals surface area contributed by atoms with Crippen molar-refractivity contribution in [2.75, 3.05) is 16.8 Å². The second-order valence-corrected chi connectivity index (χ2v) is 8.22. The van der Waals surface area contributed by atoms with Gasteiger partial charge in [0.2, 0.25) is 0 Å². The summed E-state index contributed by atoms with van der Waals surface area (Å²) < 4.78 is 28.1. The summed E-state index contributed by atoms with van der Waals surface area (Å²) in [6.45, 7) is 3.88. The van der Waals surface area contributed by atoms with Crippen LogP contribution in [0.4, 0.5) is 10.8 Å². The van der Waals surface area contributed by atoms with E-state index in [0.717, 1.165) is 30.3 Å². The number of hydrogen-bond donors (Lipinski definition) is 2. The lowest BCUT2D eigenvalue weighted by Gasteiger charge is -2.27. The molecule has 1 aliphatic rings.